The first-order valence-corrected chi connectivity index (χ1v) is 9.32. The van der Waals surface area contributed by atoms with Crippen LogP contribution in [-0.4, -0.2) is 42.9 Å². The molecule has 0 unspecified atom stereocenters. The molecule has 0 spiro atoms. The van der Waals surface area contributed by atoms with Gasteiger partial charge in [-0.2, -0.15) is 19.6 Å². The maximum atomic E-state index is 14.7. The Kier molecular flexibility index (Phi) is 3.99. The zero-order chi connectivity index (χ0) is 19.6. The summed E-state index contributed by atoms with van der Waals surface area (Å²) in [5.41, 5.74) is -0.459. The molecule has 28 heavy (non-hydrogen) atoms. The van der Waals surface area contributed by atoms with Crippen molar-refractivity contribution in [2.45, 2.75) is 43.9 Å². The van der Waals surface area contributed by atoms with Gasteiger partial charge in [-0.1, -0.05) is 11.6 Å². The van der Waals surface area contributed by atoms with Gasteiger partial charge in [0.1, 0.15) is 34.7 Å². The molecule has 1 N–H and O–H groups in total. The highest BCUT2D eigenvalue weighted by molar-refractivity contribution is 6.33. The molecule has 4 heterocycles. The van der Waals surface area contributed by atoms with Crippen molar-refractivity contribution in [2.24, 2.45) is 0 Å². The maximum Gasteiger partial charge on any atom is 0.255 e. The average Bonchev–Trinajstić information content (AvgIpc) is 3.17. The Morgan fingerprint density at radius 1 is 1.04 bits per heavy atom. The van der Waals surface area contributed by atoms with Gasteiger partial charge in [-0.3, -0.25) is 0 Å². The van der Waals surface area contributed by atoms with E-state index >= 15 is 0 Å². The molecule has 2 aliphatic heterocycles. The summed E-state index contributed by atoms with van der Waals surface area (Å²) in [6, 6.07) is 1.15. The predicted molar refractivity (Wildman–Crippen MR) is 95.6 cm³/mol. The van der Waals surface area contributed by atoms with Crippen LogP contribution in [0.3, 0.4) is 0 Å². The molecule has 2 aromatic heterocycles. The normalized spacial score (nSPS) is 24.3. The summed E-state index contributed by atoms with van der Waals surface area (Å²) in [5.74, 6) is -2.63. The van der Waals surface area contributed by atoms with Crippen molar-refractivity contribution >= 4 is 23.2 Å². The molecule has 146 valence electrons. The lowest BCUT2D eigenvalue weighted by Crippen LogP contribution is -2.46. The van der Waals surface area contributed by atoms with Gasteiger partial charge in [0, 0.05) is 24.2 Å². The van der Waals surface area contributed by atoms with Crippen LogP contribution in [0.15, 0.2) is 18.5 Å². The van der Waals surface area contributed by atoms with E-state index in [4.69, 9.17) is 11.6 Å². The van der Waals surface area contributed by atoms with Gasteiger partial charge in [0.15, 0.2) is 0 Å². The molecule has 3 atom stereocenters. The number of fused-ring (bicyclic) bond motifs is 3. The summed E-state index contributed by atoms with van der Waals surface area (Å²) in [6.07, 6.45) is 3.56. The van der Waals surface area contributed by atoms with Gasteiger partial charge >= 0.3 is 0 Å². The van der Waals surface area contributed by atoms with Crippen LogP contribution < -0.4 is 4.90 Å². The van der Waals surface area contributed by atoms with Crippen molar-refractivity contribution < 1.29 is 18.3 Å². The molecule has 2 aliphatic rings. The van der Waals surface area contributed by atoms with Gasteiger partial charge in [0.05, 0.1) is 17.2 Å². The van der Waals surface area contributed by atoms with Crippen LogP contribution in [0.2, 0.25) is 5.15 Å². The standard InChI is InChI=1S/C18H15ClF3N5O/c19-16-15(14-12(21)3-8(20)4-13(14)22)17(27-18(25-16)23-7-24-27)26-9-1-2-10(26)6-11(28)5-9/h3-4,7,9-11,28H,1-2,5-6H2/t9-,10+,11+. The van der Waals surface area contributed by atoms with Crippen molar-refractivity contribution in [3.63, 3.8) is 0 Å². The topological polar surface area (TPSA) is 66.5 Å². The number of nitrogens with zero attached hydrogens (tertiary/aromatic N) is 5. The fourth-order valence-electron chi connectivity index (χ4n) is 4.53. The van der Waals surface area contributed by atoms with Crippen LogP contribution in [0.5, 0.6) is 0 Å². The molecule has 2 saturated heterocycles. The number of anilines is 1. The first kappa shape index (κ1) is 17.7. The lowest BCUT2D eigenvalue weighted by atomic mass is 9.98. The minimum atomic E-state index is -1.08. The van der Waals surface area contributed by atoms with Crippen molar-refractivity contribution in [1.82, 2.24) is 19.6 Å². The number of piperidine rings is 1. The lowest BCUT2D eigenvalue weighted by molar-refractivity contribution is 0.126. The summed E-state index contributed by atoms with van der Waals surface area (Å²) in [4.78, 5) is 10.2. The van der Waals surface area contributed by atoms with Gasteiger partial charge < -0.3 is 10.0 Å². The number of aliphatic hydroxyl groups excluding tert-OH is 1. The molecule has 0 amide bonds. The zero-order valence-corrected chi connectivity index (χ0v) is 15.2. The first-order valence-electron chi connectivity index (χ1n) is 8.94. The summed E-state index contributed by atoms with van der Waals surface area (Å²) < 4.78 is 44.2. The third-order valence-electron chi connectivity index (χ3n) is 5.57. The number of hydrogen-bond donors (Lipinski definition) is 1. The minimum absolute atomic E-state index is 0.00274. The molecule has 2 bridgehead atoms. The zero-order valence-electron chi connectivity index (χ0n) is 14.5. The number of halogens is 4. The Labute approximate surface area is 162 Å². The Morgan fingerprint density at radius 2 is 1.68 bits per heavy atom. The largest absolute Gasteiger partial charge is 0.393 e. The van der Waals surface area contributed by atoms with Crippen LogP contribution in [0.25, 0.3) is 16.9 Å². The summed E-state index contributed by atoms with van der Waals surface area (Å²) >= 11 is 6.35. The summed E-state index contributed by atoms with van der Waals surface area (Å²) in [7, 11) is 0. The molecule has 1 aromatic carbocycles. The number of aliphatic hydroxyl groups is 1. The molecule has 10 heteroatoms. The van der Waals surface area contributed by atoms with E-state index in [0.717, 1.165) is 12.8 Å². The van der Waals surface area contributed by atoms with E-state index in [1.54, 1.807) is 0 Å². The molecule has 5 rings (SSSR count). The third kappa shape index (κ3) is 2.56. The Hall–Kier alpha value is -2.39. The highest BCUT2D eigenvalue weighted by Gasteiger charge is 2.43. The van der Waals surface area contributed by atoms with Gasteiger partial charge in [0.2, 0.25) is 0 Å². The van der Waals surface area contributed by atoms with Crippen molar-refractivity contribution in [2.75, 3.05) is 4.90 Å². The monoisotopic (exact) mass is 409 g/mol. The second kappa shape index (κ2) is 6.31. The minimum Gasteiger partial charge on any atom is -0.393 e. The van der Waals surface area contributed by atoms with Crippen LogP contribution >= 0.6 is 11.6 Å². The maximum absolute atomic E-state index is 14.7. The molecule has 0 saturated carbocycles. The number of benzene rings is 1. The van der Waals surface area contributed by atoms with Gasteiger partial charge in [-0.15, -0.1) is 0 Å². The van der Waals surface area contributed by atoms with Crippen molar-refractivity contribution in [3.05, 3.63) is 41.1 Å². The summed E-state index contributed by atoms with van der Waals surface area (Å²) in [5, 5.41) is 14.2. The van der Waals surface area contributed by atoms with E-state index < -0.39 is 29.1 Å². The van der Waals surface area contributed by atoms with Gasteiger partial charge in [0.25, 0.3) is 5.78 Å². The molecule has 6 nitrogen and oxygen atoms in total. The van der Waals surface area contributed by atoms with E-state index in [-0.39, 0.29) is 28.6 Å². The van der Waals surface area contributed by atoms with Crippen molar-refractivity contribution in [3.8, 4) is 11.1 Å². The first-order chi connectivity index (χ1) is 13.4. The average molecular weight is 410 g/mol. The second-order valence-electron chi connectivity index (χ2n) is 7.23. The highest BCUT2D eigenvalue weighted by atomic mass is 35.5. The third-order valence-corrected chi connectivity index (χ3v) is 5.84. The predicted octanol–water partition coefficient (Wildman–Crippen LogP) is 3.35. The van der Waals surface area contributed by atoms with Crippen LogP contribution in [0.4, 0.5) is 19.0 Å². The molecule has 0 aliphatic carbocycles. The molecule has 0 radical (unpaired) electrons. The van der Waals surface area contributed by atoms with Gasteiger partial charge in [-0.25, -0.2) is 13.2 Å². The Bertz CT molecular complexity index is 1050. The number of aromatic nitrogens is 4. The van der Waals surface area contributed by atoms with E-state index in [2.05, 4.69) is 15.1 Å². The molecule has 3 aromatic rings. The van der Waals surface area contributed by atoms with Gasteiger partial charge in [-0.05, 0) is 25.7 Å². The fourth-order valence-corrected chi connectivity index (χ4v) is 4.79. The van der Waals surface area contributed by atoms with Crippen LogP contribution in [0, 0.1) is 17.5 Å². The van der Waals surface area contributed by atoms with Crippen molar-refractivity contribution in [1.29, 1.82) is 0 Å². The highest BCUT2D eigenvalue weighted by Crippen LogP contribution is 2.46. The quantitative estimate of drug-likeness (QED) is 0.657. The lowest BCUT2D eigenvalue weighted by Gasteiger charge is -2.39. The Balaban J connectivity index is 1.82. The van der Waals surface area contributed by atoms with E-state index in [1.807, 2.05) is 4.90 Å². The Morgan fingerprint density at radius 3 is 2.32 bits per heavy atom. The number of hydrogen-bond acceptors (Lipinski definition) is 5. The summed E-state index contributed by atoms with van der Waals surface area (Å²) in [6.45, 7) is 0. The van der Waals surface area contributed by atoms with E-state index in [0.29, 0.717) is 30.8 Å². The van der Waals surface area contributed by atoms with E-state index in [1.165, 1.54) is 10.8 Å². The fraction of sp³-hybridized carbons (Fsp3) is 0.389. The van der Waals surface area contributed by atoms with Crippen LogP contribution in [0.1, 0.15) is 25.7 Å². The smallest absolute Gasteiger partial charge is 0.255 e. The molecular weight excluding hydrogens is 395 g/mol. The SMILES string of the molecule is O[C@H]1C[C@H]2CC[C@@H](C1)N2c1c(-c2c(F)cc(F)cc2F)c(Cl)nc2ncnn12. The molecule has 2 fully saturated rings. The van der Waals surface area contributed by atoms with Crippen LogP contribution in [-0.2, 0) is 0 Å². The molecular formula is C18H15ClF3N5O. The number of rotatable bonds is 2. The van der Waals surface area contributed by atoms with E-state index in [9.17, 15) is 18.3 Å². The second-order valence-corrected chi connectivity index (χ2v) is 7.59.